The van der Waals surface area contributed by atoms with E-state index in [-0.39, 0.29) is 35.5 Å². The molecule has 1 fully saturated rings. The van der Waals surface area contributed by atoms with Gasteiger partial charge in [0.25, 0.3) is 0 Å². The maximum absolute atomic E-state index is 14.2. The molecule has 176 valence electrons. The second kappa shape index (κ2) is 9.99. The Hall–Kier alpha value is -2.16. The van der Waals surface area contributed by atoms with Crippen molar-refractivity contribution >= 4 is 33.6 Å². The molecule has 0 bridgehead atoms. The van der Waals surface area contributed by atoms with Crippen molar-refractivity contribution in [2.45, 2.75) is 42.4 Å². The first-order valence-corrected chi connectivity index (χ1v) is 11.8. The number of nitrogens with two attached hydrogens (primary N) is 1. The average molecular weight is 548 g/mol. The minimum Gasteiger partial charge on any atom is -0.319 e. The van der Waals surface area contributed by atoms with E-state index in [4.69, 9.17) is 5.73 Å². The van der Waals surface area contributed by atoms with Gasteiger partial charge in [0, 0.05) is 21.5 Å². The largest absolute Gasteiger partial charge is 0.413 e. The smallest absolute Gasteiger partial charge is 0.319 e. The molecule has 0 spiro atoms. The lowest BCUT2D eigenvalue weighted by molar-refractivity contribution is -0.197. The lowest BCUT2D eigenvalue weighted by Crippen LogP contribution is -2.55. The van der Waals surface area contributed by atoms with Crippen LogP contribution in [-0.2, 0) is 10.5 Å². The molecule has 1 aliphatic carbocycles. The molecule has 2 N–H and O–H groups in total. The van der Waals surface area contributed by atoms with Crippen molar-refractivity contribution in [1.82, 2.24) is 4.90 Å². The van der Waals surface area contributed by atoms with E-state index >= 15 is 0 Å². The Balaban J connectivity index is 1.84. The summed E-state index contributed by atoms with van der Waals surface area (Å²) in [5, 5.41) is 9.60. The number of rotatable bonds is 8. The molecular weight excluding hydrogens is 529 g/mol. The number of amides is 1. The predicted molar refractivity (Wildman–Crippen MR) is 118 cm³/mol. The van der Waals surface area contributed by atoms with Gasteiger partial charge in [-0.25, -0.2) is 8.78 Å². The summed E-state index contributed by atoms with van der Waals surface area (Å²) in [6.07, 6.45) is -4.65. The quantitative estimate of drug-likeness (QED) is 0.444. The van der Waals surface area contributed by atoms with Gasteiger partial charge in [0.2, 0.25) is 5.91 Å². The molecule has 0 heterocycles. The van der Waals surface area contributed by atoms with E-state index in [1.807, 2.05) is 6.07 Å². The third-order valence-electron chi connectivity index (χ3n) is 5.29. The van der Waals surface area contributed by atoms with Crippen molar-refractivity contribution in [3.8, 4) is 6.07 Å². The molecule has 1 saturated carbocycles. The zero-order valence-electron chi connectivity index (χ0n) is 17.1. The molecule has 0 unspecified atom stereocenters. The number of thioether (sulfide) groups is 1. The fraction of sp³-hybridized carbons (Fsp3) is 0.364. The summed E-state index contributed by atoms with van der Waals surface area (Å²) in [6.45, 7) is 0. The first kappa shape index (κ1) is 25.5. The molecule has 3 rings (SSSR count). The topological polar surface area (TPSA) is 70.1 Å². The molecule has 4 nitrogen and oxygen atoms in total. The molecular formula is C22H19BrF5N3OS. The van der Waals surface area contributed by atoms with Crippen LogP contribution in [0.5, 0.6) is 0 Å². The Bertz CT molecular complexity index is 1050. The Morgan fingerprint density at radius 2 is 1.85 bits per heavy atom. The van der Waals surface area contributed by atoms with Crippen LogP contribution in [0, 0.1) is 23.0 Å². The second-order valence-corrected chi connectivity index (χ2v) is 9.63. The van der Waals surface area contributed by atoms with Crippen molar-refractivity contribution in [3.05, 3.63) is 69.7 Å². The molecule has 0 radical (unpaired) electrons. The molecule has 33 heavy (non-hydrogen) atoms. The van der Waals surface area contributed by atoms with Crippen molar-refractivity contribution in [3.63, 3.8) is 0 Å². The molecule has 0 saturated heterocycles. The summed E-state index contributed by atoms with van der Waals surface area (Å²) in [5.74, 6) is -3.24. The summed E-state index contributed by atoms with van der Waals surface area (Å²) in [4.78, 5) is 13.7. The number of nitrogens with zero attached hydrogens (tertiary/aromatic N) is 2. The van der Waals surface area contributed by atoms with Crippen molar-refractivity contribution in [2.75, 3.05) is 5.75 Å². The standard InChI is InChI=1S/C22H19BrF5N3OS/c23-15-6-4-13(5-7-15)19(22(26,27)28)31(21(12-29)8-9-21)20(32)17(30)11-33-10-14-2-1-3-16(24)18(14)25/h1-7,17,19H,8-11,30H2/t17-,19+/m0/s1. The van der Waals surface area contributed by atoms with Gasteiger partial charge in [-0.05, 0) is 36.6 Å². The maximum Gasteiger partial charge on any atom is 0.413 e. The number of carbonyl (C=O) groups excluding carboxylic acids is 1. The molecule has 11 heteroatoms. The van der Waals surface area contributed by atoms with E-state index in [0.29, 0.717) is 9.37 Å². The Kier molecular flexibility index (Phi) is 7.71. The first-order valence-electron chi connectivity index (χ1n) is 9.83. The average Bonchev–Trinajstić information content (AvgIpc) is 3.55. The van der Waals surface area contributed by atoms with Crippen LogP contribution in [-0.4, -0.2) is 34.3 Å². The zero-order valence-corrected chi connectivity index (χ0v) is 19.5. The Labute approximate surface area is 200 Å². The van der Waals surface area contributed by atoms with Gasteiger partial charge >= 0.3 is 6.18 Å². The number of hydrogen-bond acceptors (Lipinski definition) is 4. The van der Waals surface area contributed by atoms with Crippen molar-refractivity contribution in [2.24, 2.45) is 5.73 Å². The SMILES string of the molecule is N#CC1(N(C(=O)[C@@H](N)CSCc2cccc(F)c2F)[C@H](c2ccc(Br)cc2)C(F)(F)F)CC1. The van der Waals surface area contributed by atoms with Crippen LogP contribution >= 0.6 is 27.7 Å². The summed E-state index contributed by atoms with van der Waals surface area (Å²) in [6, 6.07) is 7.12. The van der Waals surface area contributed by atoms with Gasteiger partial charge in [-0.1, -0.05) is 40.2 Å². The number of hydrogen-bond donors (Lipinski definition) is 1. The molecule has 2 aromatic rings. The molecule has 0 aromatic heterocycles. The van der Waals surface area contributed by atoms with Crippen LogP contribution in [0.1, 0.15) is 30.0 Å². The maximum atomic E-state index is 14.2. The Morgan fingerprint density at radius 3 is 2.39 bits per heavy atom. The minimum atomic E-state index is -4.85. The lowest BCUT2D eigenvalue weighted by Gasteiger charge is -2.38. The van der Waals surface area contributed by atoms with E-state index in [9.17, 15) is 32.0 Å². The van der Waals surface area contributed by atoms with E-state index in [2.05, 4.69) is 15.9 Å². The second-order valence-electron chi connectivity index (χ2n) is 7.68. The number of alkyl halides is 3. The summed E-state index contributed by atoms with van der Waals surface area (Å²) >= 11 is 4.16. The van der Waals surface area contributed by atoms with Gasteiger partial charge in [0.15, 0.2) is 17.7 Å². The monoisotopic (exact) mass is 547 g/mol. The fourth-order valence-electron chi connectivity index (χ4n) is 3.45. The van der Waals surface area contributed by atoms with Crippen LogP contribution < -0.4 is 5.73 Å². The number of benzene rings is 2. The third kappa shape index (κ3) is 5.67. The van der Waals surface area contributed by atoms with Gasteiger partial charge < -0.3 is 10.6 Å². The van der Waals surface area contributed by atoms with Crippen LogP contribution in [0.3, 0.4) is 0 Å². The van der Waals surface area contributed by atoms with Gasteiger partial charge in [0.05, 0.1) is 12.1 Å². The summed E-state index contributed by atoms with van der Waals surface area (Å²) in [5.41, 5.74) is 4.21. The van der Waals surface area contributed by atoms with Gasteiger partial charge in [0.1, 0.15) is 5.54 Å². The Morgan fingerprint density at radius 1 is 1.21 bits per heavy atom. The van der Waals surface area contributed by atoms with E-state index < -0.39 is 41.3 Å². The van der Waals surface area contributed by atoms with Crippen molar-refractivity contribution < 1.29 is 26.7 Å². The molecule has 1 amide bonds. The highest BCUT2D eigenvalue weighted by molar-refractivity contribution is 9.10. The van der Waals surface area contributed by atoms with Crippen molar-refractivity contribution in [1.29, 1.82) is 5.26 Å². The first-order chi connectivity index (χ1) is 15.5. The number of carbonyl (C=O) groups is 1. The number of halogens is 6. The fourth-order valence-corrected chi connectivity index (χ4v) is 4.67. The third-order valence-corrected chi connectivity index (χ3v) is 6.93. The minimum absolute atomic E-state index is 0.0244. The number of nitriles is 1. The van der Waals surface area contributed by atoms with Gasteiger partial charge in [-0.2, -0.15) is 30.2 Å². The lowest BCUT2D eigenvalue weighted by atomic mass is 10.0. The highest BCUT2D eigenvalue weighted by Crippen LogP contribution is 2.50. The molecule has 1 aliphatic rings. The highest BCUT2D eigenvalue weighted by Gasteiger charge is 2.60. The molecule has 2 atom stereocenters. The zero-order chi connectivity index (χ0) is 24.4. The van der Waals surface area contributed by atoms with Crippen LogP contribution in [0.4, 0.5) is 22.0 Å². The van der Waals surface area contributed by atoms with E-state index in [1.54, 1.807) is 0 Å². The summed E-state index contributed by atoms with van der Waals surface area (Å²) in [7, 11) is 0. The molecule has 0 aliphatic heterocycles. The highest BCUT2D eigenvalue weighted by atomic mass is 79.9. The molecule has 2 aromatic carbocycles. The van der Waals surface area contributed by atoms with E-state index in [0.717, 1.165) is 17.8 Å². The van der Waals surface area contributed by atoms with Gasteiger partial charge in [-0.15, -0.1) is 0 Å². The van der Waals surface area contributed by atoms with Crippen LogP contribution in [0.15, 0.2) is 46.9 Å². The van der Waals surface area contributed by atoms with Gasteiger partial charge in [-0.3, -0.25) is 4.79 Å². The summed E-state index contributed by atoms with van der Waals surface area (Å²) < 4.78 is 70.3. The predicted octanol–water partition coefficient (Wildman–Crippen LogP) is 5.48. The normalized spacial score (nSPS) is 16.5. The van der Waals surface area contributed by atoms with Crippen LogP contribution in [0.2, 0.25) is 0 Å². The van der Waals surface area contributed by atoms with Crippen LogP contribution in [0.25, 0.3) is 0 Å². The van der Waals surface area contributed by atoms with E-state index in [1.165, 1.54) is 36.4 Å².